The fourth-order valence-electron chi connectivity index (χ4n) is 3.65. The van der Waals surface area contributed by atoms with Gasteiger partial charge in [0.05, 0.1) is 17.3 Å². The van der Waals surface area contributed by atoms with E-state index in [0.29, 0.717) is 22.1 Å². The molecule has 152 valence electrons. The summed E-state index contributed by atoms with van der Waals surface area (Å²) in [5.41, 5.74) is 1.33. The molecule has 0 aromatic carbocycles. The van der Waals surface area contributed by atoms with Gasteiger partial charge in [-0.3, -0.25) is 0 Å². The Labute approximate surface area is 171 Å². The van der Waals surface area contributed by atoms with Crippen LogP contribution in [0.4, 0.5) is 15.0 Å². The van der Waals surface area contributed by atoms with E-state index in [-0.39, 0.29) is 23.9 Å². The van der Waals surface area contributed by atoms with E-state index in [1.807, 2.05) is 0 Å². The van der Waals surface area contributed by atoms with Crippen LogP contribution in [0.3, 0.4) is 0 Å². The van der Waals surface area contributed by atoms with E-state index in [2.05, 4.69) is 35.9 Å². The number of hydrogen-bond donors (Lipinski definition) is 4. The molecule has 4 N–H and O–H groups in total. The topological polar surface area (TPSA) is 108 Å². The van der Waals surface area contributed by atoms with Crippen LogP contribution in [-0.2, 0) is 0 Å². The number of anilines is 1. The van der Waals surface area contributed by atoms with Crippen molar-refractivity contribution in [2.45, 2.75) is 37.8 Å². The molecular formula is C19H21ClFN7O. The molecule has 3 heterocycles. The van der Waals surface area contributed by atoms with Gasteiger partial charge in [0.25, 0.3) is 0 Å². The molecule has 0 aliphatic heterocycles. The molecule has 4 rings (SSSR count). The van der Waals surface area contributed by atoms with E-state index < -0.39 is 5.82 Å². The van der Waals surface area contributed by atoms with Gasteiger partial charge in [0.2, 0.25) is 0 Å². The zero-order valence-corrected chi connectivity index (χ0v) is 16.6. The lowest BCUT2D eigenvalue weighted by Gasteiger charge is -2.33. The number of carbonyl (C=O) groups is 1. The molecule has 8 nitrogen and oxygen atoms in total. The van der Waals surface area contributed by atoms with Gasteiger partial charge < -0.3 is 20.9 Å². The molecule has 3 aromatic rings. The van der Waals surface area contributed by atoms with Crippen molar-refractivity contribution >= 4 is 34.5 Å². The maximum Gasteiger partial charge on any atom is 0.314 e. The minimum absolute atomic E-state index is 0.106. The molecule has 29 heavy (non-hydrogen) atoms. The standard InChI is InChI=1S/C19H21ClFN7O/c1-22-19(29)27-15-5-3-2-4-14(15)26-18-13(21)9-25-17(28-18)12-8-24-16-11(12)6-10(20)7-23-16/h6-9,14-15H,2-5H2,1H3,(H,23,24)(H2,22,27,29)(H,25,26,28)/t14-,15+/m1/s1. The van der Waals surface area contributed by atoms with Crippen molar-refractivity contribution < 1.29 is 9.18 Å². The molecule has 1 fully saturated rings. The molecule has 0 saturated heterocycles. The van der Waals surface area contributed by atoms with Gasteiger partial charge in [-0.05, 0) is 18.9 Å². The monoisotopic (exact) mass is 417 g/mol. The van der Waals surface area contributed by atoms with Crippen molar-refractivity contribution in [1.29, 1.82) is 0 Å². The first-order chi connectivity index (χ1) is 14.0. The lowest BCUT2D eigenvalue weighted by atomic mass is 9.90. The molecule has 1 aliphatic rings. The summed E-state index contributed by atoms with van der Waals surface area (Å²) in [5, 5.41) is 9.90. The average molecular weight is 418 g/mol. The Kier molecular flexibility index (Phi) is 5.48. The third-order valence-electron chi connectivity index (χ3n) is 5.11. The van der Waals surface area contributed by atoms with Crippen LogP contribution in [0, 0.1) is 5.82 Å². The first kappa shape index (κ1) is 19.4. The van der Waals surface area contributed by atoms with Crippen LogP contribution in [0.5, 0.6) is 0 Å². The van der Waals surface area contributed by atoms with Crippen LogP contribution >= 0.6 is 11.6 Å². The first-order valence-corrected chi connectivity index (χ1v) is 9.83. The van der Waals surface area contributed by atoms with Crippen LogP contribution in [0.25, 0.3) is 22.4 Å². The second kappa shape index (κ2) is 8.20. The highest BCUT2D eigenvalue weighted by atomic mass is 35.5. The van der Waals surface area contributed by atoms with Crippen LogP contribution < -0.4 is 16.0 Å². The Hall–Kier alpha value is -2.94. The first-order valence-electron chi connectivity index (χ1n) is 9.45. The number of aromatic amines is 1. The number of pyridine rings is 1. The number of hydrogen-bond acceptors (Lipinski definition) is 5. The molecule has 3 aromatic heterocycles. The van der Waals surface area contributed by atoms with E-state index in [4.69, 9.17) is 11.6 Å². The van der Waals surface area contributed by atoms with Crippen molar-refractivity contribution in [3.05, 3.63) is 35.5 Å². The highest BCUT2D eigenvalue weighted by Gasteiger charge is 2.27. The maximum atomic E-state index is 14.5. The maximum absolute atomic E-state index is 14.5. The van der Waals surface area contributed by atoms with Crippen molar-refractivity contribution in [1.82, 2.24) is 30.6 Å². The van der Waals surface area contributed by atoms with E-state index in [1.54, 1.807) is 25.5 Å². The molecule has 0 unspecified atom stereocenters. The largest absolute Gasteiger partial charge is 0.363 e. The fraction of sp³-hybridized carbons (Fsp3) is 0.368. The van der Waals surface area contributed by atoms with Crippen LogP contribution in [-0.4, -0.2) is 45.1 Å². The molecule has 2 atom stereocenters. The minimum atomic E-state index is -0.547. The Balaban J connectivity index is 1.62. The summed E-state index contributed by atoms with van der Waals surface area (Å²) >= 11 is 6.06. The van der Waals surface area contributed by atoms with E-state index in [9.17, 15) is 9.18 Å². The second-order valence-corrected chi connectivity index (χ2v) is 7.44. The number of rotatable bonds is 4. The molecule has 0 spiro atoms. The molecule has 1 aliphatic carbocycles. The normalized spacial score (nSPS) is 19.1. The van der Waals surface area contributed by atoms with Gasteiger partial charge in [0, 0.05) is 36.4 Å². The van der Waals surface area contributed by atoms with Gasteiger partial charge in [-0.25, -0.2) is 24.1 Å². The predicted molar refractivity (Wildman–Crippen MR) is 109 cm³/mol. The number of urea groups is 1. The Morgan fingerprint density at radius 3 is 2.83 bits per heavy atom. The quantitative estimate of drug-likeness (QED) is 0.520. The third-order valence-corrected chi connectivity index (χ3v) is 5.32. The van der Waals surface area contributed by atoms with Gasteiger partial charge >= 0.3 is 6.03 Å². The van der Waals surface area contributed by atoms with Gasteiger partial charge in [-0.2, -0.15) is 0 Å². The summed E-state index contributed by atoms with van der Waals surface area (Å²) in [5.74, 6) is -0.0835. The van der Waals surface area contributed by atoms with Crippen molar-refractivity contribution in [2.24, 2.45) is 0 Å². The molecule has 2 amide bonds. The lowest BCUT2D eigenvalue weighted by molar-refractivity contribution is 0.232. The van der Waals surface area contributed by atoms with Gasteiger partial charge in [0.1, 0.15) is 5.65 Å². The SMILES string of the molecule is CNC(=O)N[C@H]1CCCC[C@H]1Nc1nc(-c2c[nH]c3ncc(Cl)cc23)ncc1F. The molecule has 10 heteroatoms. The number of carbonyl (C=O) groups excluding carboxylic acids is 1. The van der Waals surface area contributed by atoms with Gasteiger partial charge in [-0.15, -0.1) is 0 Å². The zero-order valence-electron chi connectivity index (χ0n) is 15.8. The smallest absolute Gasteiger partial charge is 0.314 e. The van der Waals surface area contributed by atoms with Crippen LogP contribution in [0.1, 0.15) is 25.7 Å². The van der Waals surface area contributed by atoms with Gasteiger partial charge in [-0.1, -0.05) is 24.4 Å². The van der Waals surface area contributed by atoms with Gasteiger partial charge in [0.15, 0.2) is 17.5 Å². The van der Waals surface area contributed by atoms with E-state index in [0.717, 1.165) is 37.3 Å². The van der Waals surface area contributed by atoms with Crippen molar-refractivity contribution in [2.75, 3.05) is 12.4 Å². The van der Waals surface area contributed by atoms with E-state index in [1.165, 1.54) is 0 Å². The summed E-state index contributed by atoms with van der Waals surface area (Å²) in [7, 11) is 1.57. The van der Waals surface area contributed by atoms with E-state index >= 15 is 0 Å². The highest BCUT2D eigenvalue weighted by Crippen LogP contribution is 2.29. The molecule has 1 saturated carbocycles. The summed E-state index contributed by atoms with van der Waals surface area (Å²) in [6.45, 7) is 0. The summed E-state index contributed by atoms with van der Waals surface area (Å²) in [4.78, 5) is 27.6. The summed E-state index contributed by atoms with van der Waals surface area (Å²) in [6.07, 6.45) is 8.04. The Morgan fingerprint density at radius 2 is 2.03 bits per heavy atom. The van der Waals surface area contributed by atoms with Crippen molar-refractivity contribution in [3.63, 3.8) is 0 Å². The number of fused-ring (bicyclic) bond motifs is 1. The number of nitrogens with one attached hydrogen (secondary N) is 4. The molecular weight excluding hydrogens is 397 g/mol. The molecule has 0 radical (unpaired) electrons. The fourth-order valence-corrected chi connectivity index (χ4v) is 3.81. The third kappa shape index (κ3) is 4.09. The lowest BCUT2D eigenvalue weighted by Crippen LogP contribution is -2.51. The number of aromatic nitrogens is 4. The Morgan fingerprint density at radius 1 is 1.24 bits per heavy atom. The van der Waals surface area contributed by atoms with Crippen molar-refractivity contribution in [3.8, 4) is 11.4 Å². The number of halogens is 2. The number of H-pyrrole nitrogens is 1. The summed E-state index contributed by atoms with van der Waals surface area (Å²) < 4.78 is 14.5. The predicted octanol–water partition coefficient (Wildman–Crippen LogP) is 3.46. The summed E-state index contributed by atoms with van der Waals surface area (Å²) in [6, 6.07) is 1.27. The number of amides is 2. The Bertz CT molecular complexity index is 1040. The highest BCUT2D eigenvalue weighted by molar-refractivity contribution is 6.31. The molecule has 0 bridgehead atoms. The second-order valence-electron chi connectivity index (χ2n) is 7.01. The minimum Gasteiger partial charge on any atom is -0.363 e. The van der Waals surface area contributed by atoms with Crippen LogP contribution in [0.15, 0.2) is 24.7 Å². The number of nitrogens with zero attached hydrogens (tertiary/aromatic N) is 3. The van der Waals surface area contributed by atoms with Crippen LogP contribution in [0.2, 0.25) is 5.02 Å². The zero-order chi connectivity index (χ0) is 20.4. The average Bonchev–Trinajstić information content (AvgIpc) is 3.14.